The predicted molar refractivity (Wildman–Crippen MR) is 122 cm³/mol. The molecule has 0 heterocycles. The molecule has 0 saturated carbocycles. The Balaban J connectivity index is 2.14. The Hall–Kier alpha value is -3.59. The van der Waals surface area contributed by atoms with Crippen molar-refractivity contribution in [3.63, 3.8) is 0 Å². The van der Waals surface area contributed by atoms with Gasteiger partial charge in [0.25, 0.3) is 5.91 Å². The number of phenols is 1. The summed E-state index contributed by atoms with van der Waals surface area (Å²) < 4.78 is 4.81. The Bertz CT molecular complexity index is 946. The van der Waals surface area contributed by atoms with Crippen LogP contribution in [0.15, 0.2) is 42.5 Å². The quantitative estimate of drug-likeness (QED) is 0.278. The van der Waals surface area contributed by atoms with Gasteiger partial charge < -0.3 is 31.9 Å². The number of aromatic hydroxyl groups is 1. The van der Waals surface area contributed by atoms with E-state index in [1.807, 2.05) is 6.92 Å². The lowest BCUT2D eigenvalue weighted by molar-refractivity contribution is -0.142. The molecule has 7 N–H and O–H groups in total. The van der Waals surface area contributed by atoms with Crippen LogP contribution in [-0.4, -0.2) is 42.1 Å². The number of hydrogen-bond acceptors (Lipinski definition) is 7. The molecular formula is C23H30N4O5. The van der Waals surface area contributed by atoms with Crippen LogP contribution in [-0.2, 0) is 20.7 Å². The van der Waals surface area contributed by atoms with Gasteiger partial charge in [-0.3, -0.25) is 9.59 Å². The zero-order valence-corrected chi connectivity index (χ0v) is 18.3. The second-order valence-electron chi connectivity index (χ2n) is 7.46. The Morgan fingerprint density at radius 2 is 1.81 bits per heavy atom. The molecule has 0 aliphatic carbocycles. The molecule has 9 heteroatoms. The van der Waals surface area contributed by atoms with E-state index in [1.54, 1.807) is 12.1 Å². The highest BCUT2D eigenvalue weighted by molar-refractivity contribution is 6.01. The summed E-state index contributed by atoms with van der Waals surface area (Å²) in [7, 11) is 1.23. The van der Waals surface area contributed by atoms with Crippen LogP contribution in [0.2, 0.25) is 0 Å². The molecule has 0 aliphatic heterocycles. The first-order valence-corrected chi connectivity index (χ1v) is 10.4. The van der Waals surface area contributed by atoms with Gasteiger partial charge in [0.2, 0.25) is 5.91 Å². The number of nitrogen functional groups attached to an aromatic ring is 1. The standard InChI is InChI=1S/C23H30N4O5/c1-3-4-5-18(25)22(30)26-19-13-15(8-11-17(19)24)21(29)27-20(23(31)32-2)12-14-6-9-16(28)10-7-14/h6-11,13,18,20,28H,3-5,12,24-25H2,1-2H3,(H,26,30)(H,27,29)/t18-,20-/m0/s1. The fourth-order valence-corrected chi connectivity index (χ4v) is 3.03. The largest absolute Gasteiger partial charge is 0.508 e. The van der Waals surface area contributed by atoms with Crippen LogP contribution in [0.3, 0.4) is 0 Å². The van der Waals surface area contributed by atoms with Gasteiger partial charge in [-0.15, -0.1) is 0 Å². The van der Waals surface area contributed by atoms with Gasteiger partial charge in [0.15, 0.2) is 0 Å². The van der Waals surface area contributed by atoms with Crippen molar-refractivity contribution in [2.24, 2.45) is 5.73 Å². The van der Waals surface area contributed by atoms with Crippen LogP contribution in [0.5, 0.6) is 5.75 Å². The summed E-state index contributed by atoms with van der Waals surface area (Å²) in [5.41, 5.74) is 13.3. The molecule has 2 aromatic carbocycles. The maximum Gasteiger partial charge on any atom is 0.328 e. The number of phenolic OH excluding ortho intramolecular Hbond substituents is 1. The van der Waals surface area contributed by atoms with Gasteiger partial charge in [0.05, 0.1) is 24.5 Å². The second kappa shape index (κ2) is 11.7. The number of ether oxygens (including phenoxy) is 1. The molecule has 0 bridgehead atoms. The van der Waals surface area contributed by atoms with E-state index < -0.39 is 24.0 Å². The Morgan fingerprint density at radius 1 is 1.12 bits per heavy atom. The second-order valence-corrected chi connectivity index (χ2v) is 7.46. The van der Waals surface area contributed by atoms with Crippen molar-refractivity contribution >= 4 is 29.2 Å². The van der Waals surface area contributed by atoms with E-state index in [1.165, 1.54) is 37.4 Å². The molecule has 2 aromatic rings. The SMILES string of the molecule is CCCC[C@H](N)C(=O)Nc1cc(C(=O)N[C@@H](Cc2ccc(O)cc2)C(=O)OC)ccc1N. The monoisotopic (exact) mass is 442 g/mol. The fourth-order valence-electron chi connectivity index (χ4n) is 3.03. The Morgan fingerprint density at radius 3 is 2.44 bits per heavy atom. The van der Waals surface area contributed by atoms with Crippen molar-refractivity contribution in [2.45, 2.75) is 44.7 Å². The normalized spacial score (nSPS) is 12.5. The van der Waals surface area contributed by atoms with Gasteiger partial charge in [-0.05, 0) is 42.3 Å². The van der Waals surface area contributed by atoms with Gasteiger partial charge in [0, 0.05) is 12.0 Å². The zero-order valence-electron chi connectivity index (χ0n) is 18.3. The highest BCUT2D eigenvalue weighted by Crippen LogP contribution is 2.21. The number of rotatable bonds is 10. The third-order valence-electron chi connectivity index (χ3n) is 4.95. The minimum Gasteiger partial charge on any atom is -0.508 e. The number of nitrogens with one attached hydrogen (secondary N) is 2. The molecule has 0 aliphatic rings. The van der Waals surface area contributed by atoms with Crippen molar-refractivity contribution in [1.29, 1.82) is 0 Å². The molecule has 32 heavy (non-hydrogen) atoms. The Kier molecular flexibility index (Phi) is 9.03. The predicted octanol–water partition coefficient (Wildman–Crippen LogP) is 1.94. The number of anilines is 2. The van der Waals surface area contributed by atoms with Crippen LogP contribution in [0.1, 0.15) is 42.1 Å². The summed E-state index contributed by atoms with van der Waals surface area (Å²) in [6.07, 6.45) is 2.46. The lowest BCUT2D eigenvalue weighted by Gasteiger charge is -2.18. The molecule has 0 unspecified atom stereocenters. The molecule has 0 fully saturated rings. The summed E-state index contributed by atoms with van der Waals surface area (Å²) in [4.78, 5) is 37.3. The summed E-state index contributed by atoms with van der Waals surface area (Å²) in [6.45, 7) is 2.01. The van der Waals surface area contributed by atoms with Crippen LogP contribution >= 0.6 is 0 Å². The first kappa shape index (κ1) is 24.7. The maximum atomic E-state index is 12.8. The molecule has 0 saturated heterocycles. The maximum absolute atomic E-state index is 12.8. The molecular weight excluding hydrogens is 412 g/mol. The number of carbonyl (C=O) groups is 3. The molecule has 0 spiro atoms. The van der Waals surface area contributed by atoms with Gasteiger partial charge in [-0.2, -0.15) is 0 Å². The molecule has 2 atom stereocenters. The van der Waals surface area contributed by atoms with Crippen LogP contribution < -0.4 is 22.1 Å². The van der Waals surface area contributed by atoms with E-state index in [2.05, 4.69) is 10.6 Å². The minimum absolute atomic E-state index is 0.0956. The first-order valence-electron chi connectivity index (χ1n) is 10.4. The average molecular weight is 443 g/mol. The van der Waals surface area contributed by atoms with Crippen LogP contribution in [0.25, 0.3) is 0 Å². The van der Waals surface area contributed by atoms with Crippen LogP contribution in [0.4, 0.5) is 11.4 Å². The van der Waals surface area contributed by atoms with Crippen molar-refractivity contribution in [3.8, 4) is 5.75 Å². The van der Waals surface area contributed by atoms with E-state index >= 15 is 0 Å². The number of carbonyl (C=O) groups excluding carboxylic acids is 3. The number of nitrogens with two attached hydrogens (primary N) is 2. The van der Waals surface area contributed by atoms with Crippen molar-refractivity contribution < 1.29 is 24.2 Å². The van der Waals surface area contributed by atoms with E-state index in [-0.39, 0.29) is 35.0 Å². The van der Waals surface area contributed by atoms with E-state index in [0.717, 1.165) is 18.4 Å². The molecule has 0 radical (unpaired) electrons. The number of benzene rings is 2. The summed E-state index contributed by atoms with van der Waals surface area (Å²) >= 11 is 0. The van der Waals surface area contributed by atoms with Crippen molar-refractivity contribution in [3.05, 3.63) is 53.6 Å². The molecule has 172 valence electrons. The molecule has 2 amide bonds. The zero-order chi connectivity index (χ0) is 23.7. The number of unbranched alkanes of at least 4 members (excludes halogenated alkanes) is 1. The molecule has 2 rings (SSSR count). The number of methoxy groups -OCH3 is 1. The smallest absolute Gasteiger partial charge is 0.328 e. The highest BCUT2D eigenvalue weighted by atomic mass is 16.5. The first-order chi connectivity index (χ1) is 15.2. The third kappa shape index (κ3) is 6.98. The van der Waals surface area contributed by atoms with Gasteiger partial charge in [-0.25, -0.2) is 4.79 Å². The number of amides is 2. The van der Waals surface area contributed by atoms with Gasteiger partial charge in [0.1, 0.15) is 11.8 Å². The summed E-state index contributed by atoms with van der Waals surface area (Å²) in [6, 6.07) is 9.07. The molecule has 9 nitrogen and oxygen atoms in total. The van der Waals surface area contributed by atoms with E-state index in [9.17, 15) is 19.5 Å². The average Bonchev–Trinajstić information content (AvgIpc) is 2.79. The minimum atomic E-state index is -0.949. The van der Waals surface area contributed by atoms with Gasteiger partial charge in [-0.1, -0.05) is 31.9 Å². The highest BCUT2D eigenvalue weighted by Gasteiger charge is 2.23. The summed E-state index contributed by atoms with van der Waals surface area (Å²) in [5, 5.41) is 14.7. The van der Waals surface area contributed by atoms with Crippen molar-refractivity contribution in [1.82, 2.24) is 5.32 Å². The summed E-state index contributed by atoms with van der Waals surface area (Å²) in [5.74, 6) is -1.44. The van der Waals surface area contributed by atoms with Crippen LogP contribution in [0, 0.1) is 0 Å². The third-order valence-corrected chi connectivity index (χ3v) is 4.95. The topological polar surface area (TPSA) is 157 Å². The number of esters is 1. The van der Waals surface area contributed by atoms with Gasteiger partial charge >= 0.3 is 5.97 Å². The van der Waals surface area contributed by atoms with Crippen molar-refractivity contribution in [2.75, 3.05) is 18.2 Å². The Labute approximate surface area is 187 Å². The van der Waals surface area contributed by atoms with E-state index in [0.29, 0.717) is 6.42 Å². The fraction of sp³-hybridized carbons (Fsp3) is 0.348. The lowest BCUT2D eigenvalue weighted by atomic mass is 10.0. The number of hydrogen-bond donors (Lipinski definition) is 5. The van der Waals surface area contributed by atoms with E-state index in [4.69, 9.17) is 16.2 Å². The molecule has 0 aromatic heterocycles. The lowest BCUT2D eigenvalue weighted by Crippen LogP contribution is -2.43.